The molecule has 0 aliphatic heterocycles. The van der Waals surface area contributed by atoms with Crippen LogP contribution in [0.5, 0.6) is 5.75 Å². The predicted octanol–water partition coefficient (Wildman–Crippen LogP) is 5.33. The molecular formula is C25H25NO3. The van der Waals surface area contributed by atoms with E-state index in [1.807, 2.05) is 57.2 Å². The lowest BCUT2D eigenvalue weighted by Crippen LogP contribution is -2.33. The lowest BCUT2D eigenvalue weighted by atomic mass is 10.0. The third-order valence-corrected chi connectivity index (χ3v) is 4.95. The van der Waals surface area contributed by atoms with Gasteiger partial charge in [-0.05, 0) is 49.6 Å². The number of ketones is 1. The van der Waals surface area contributed by atoms with Crippen LogP contribution in [0.3, 0.4) is 0 Å². The van der Waals surface area contributed by atoms with Crippen LogP contribution in [0.2, 0.25) is 0 Å². The third-order valence-electron chi connectivity index (χ3n) is 4.95. The van der Waals surface area contributed by atoms with Crippen LogP contribution in [0, 0.1) is 13.8 Å². The van der Waals surface area contributed by atoms with Gasteiger partial charge < -0.3 is 10.1 Å². The minimum atomic E-state index is -0.657. The standard InChI is InChI=1S/C25H25NO3/c1-4-22(29-23-16-10-11-17(2)18(23)3)25(28)26-21-15-9-8-14-20(21)24(27)19-12-6-5-7-13-19/h5-16,22H,4H2,1-3H3,(H,26,28)/t22-/m1/s1. The minimum Gasteiger partial charge on any atom is -0.480 e. The highest BCUT2D eigenvalue weighted by Crippen LogP contribution is 2.24. The molecule has 0 aliphatic rings. The van der Waals surface area contributed by atoms with Gasteiger partial charge in [-0.15, -0.1) is 0 Å². The zero-order chi connectivity index (χ0) is 20.8. The van der Waals surface area contributed by atoms with Crippen molar-refractivity contribution in [3.8, 4) is 5.75 Å². The van der Waals surface area contributed by atoms with E-state index in [1.165, 1.54) is 0 Å². The lowest BCUT2D eigenvalue weighted by molar-refractivity contribution is -0.122. The summed E-state index contributed by atoms with van der Waals surface area (Å²) in [6.45, 7) is 5.88. The van der Waals surface area contributed by atoms with Gasteiger partial charge >= 0.3 is 0 Å². The first-order chi connectivity index (χ1) is 14.0. The molecule has 3 aromatic rings. The number of rotatable bonds is 7. The highest BCUT2D eigenvalue weighted by atomic mass is 16.5. The molecule has 0 aromatic heterocycles. The van der Waals surface area contributed by atoms with E-state index in [0.29, 0.717) is 29.0 Å². The zero-order valence-corrected chi connectivity index (χ0v) is 16.9. The summed E-state index contributed by atoms with van der Waals surface area (Å²) in [7, 11) is 0. The molecule has 3 rings (SSSR count). The molecule has 0 fully saturated rings. The largest absolute Gasteiger partial charge is 0.480 e. The van der Waals surface area contributed by atoms with Crippen molar-refractivity contribution in [1.82, 2.24) is 0 Å². The Morgan fingerprint density at radius 2 is 1.59 bits per heavy atom. The third kappa shape index (κ3) is 4.72. The highest BCUT2D eigenvalue weighted by Gasteiger charge is 2.22. The van der Waals surface area contributed by atoms with Crippen LogP contribution in [-0.4, -0.2) is 17.8 Å². The number of hydrogen-bond acceptors (Lipinski definition) is 3. The van der Waals surface area contributed by atoms with Crippen molar-refractivity contribution < 1.29 is 14.3 Å². The van der Waals surface area contributed by atoms with E-state index < -0.39 is 6.10 Å². The van der Waals surface area contributed by atoms with Crippen LogP contribution in [0.15, 0.2) is 72.8 Å². The summed E-state index contributed by atoms with van der Waals surface area (Å²) in [5, 5.41) is 2.88. The number of benzene rings is 3. The van der Waals surface area contributed by atoms with E-state index in [0.717, 1.165) is 11.1 Å². The molecular weight excluding hydrogens is 362 g/mol. The summed E-state index contributed by atoms with van der Waals surface area (Å²) in [6.07, 6.45) is -0.149. The molecule has 3 aromatic carbocycles. The average Bonchev–Trinajstić information content (AvgIpc) is 2.75. The van der Waals surface area contributed by atoms with Crippen LogP contribution in [0.1, 0.15) is 40.4 Å². The van der Waals surface area contributed by atoms with Gasteiger partial charge in [0, 0.05) is 11.1 Å². The molecule has 1 N–H and O–H groups in total. The molecule has 4 nitrogen and oxygen atoms in total. The molecule has 148 valence electrons. The number of para-hydroxylation sites is 1. The van der Waals surface area contributed by atoms with Gasteiger partial charge in [0.15, 0.2) is 11.9 Å². The number of carbonyl (C=O) groups excluding carboxylic acids is 2. The Bertz CT molecular complexity index is 1010. The minimum absolute atomic E-state index is 0.134. The maximum atomic E-state index is 12.9. The summed E-state index contributed by atoms with van der Waals surface area (Å²) >= 11 is 0. The van der Waals surface area contributed by atoms with Crippen LogP contribution in [-0.2, 0) is 4.79 Å². The molecule has 0 heterocycles. The highest BCUT2D eigenvalue weighted by molar-refractivity contribution is 6.14. The summed E-state index contributed by atoms with van der Waals surface area (Å²) in [6, 6.07) is 21.9. The normalized spacial score (nSPS) is 11.6. The van der Waals surface area contributed by atoms with Crippen molar-refractivity contribution >= 4 is 17.4 Å². The maximum absolute atomic E-state index is 12.9. The summed E-state index contributed by atoms with van der Waals surface area (Å²) in [5.74, 6) is 0.285. The van der Waals surface area contributed by atoms with E-state index in [-0.39, 0.29) is 11.7 Å². The Labute approximate surface area is 171 Å². The Kier molecular flexibility index (Phi) is 6.45. The fourth-order valence-electron chi connectivity index (χ4n) is 3.08. The Balaban J connectivity index is 1.81. The Morgan fingerprint density at radius 3 is 2.31 bits per heavy atom. The Morgan fingerprint density at radius 1 is 0.897 bits per heavy atom. The summed E-state index contributed by atoms with van der Waals surface area (Å²) < 4.78 is 6.00. The monoisotopic (exact) mass is 387 g/mol. The number of nitrogens with one attached hydrogen (secondary N) is 1. The SMILES string of the molecule is CC[C@@H](Oc1cccc(C)c1C)C(=O)Nc1ccccc1C(=O)c1ccccc1. The zero-order valence-electron chi connectivity index (χ0n) is 16.9. The van der Waals surface area contributed by atoms with E-state index in [1.54, 1.807) is 36.4 Å². The van der Waals surface area contributed by atoms with Crippen LogP contribution >= 0.6 is 0 Å². The molecule has 0 unspecified atom stereocenters. The van der Waals surface area contributed by atoms with Crippen molar-refractivity contribution in [2.75, 3.05) is 5.32 Å². The second kappa shape index (κ2) is 9.20. The molecule has 0 radical (unpaired) electrons. The average molecular weight is 387 g/mol. The van der Waals surface area contributed by atoms with Gasteiger partial charge in [0.05, 0.1) is 5.69 Å². The number of ether oxygens (including phenoxy) is 1. The fourth-order valence-corrected chi connectivity index (χ4v) is 3.08. The van der Waals surface area contributed by atoms with Crippen LogP contribution in [0.4, 0.5) is 5.69 Å². The van der Waals surface area contributed by atoms with Gasteiger partial charge in [0.25, 0.3) is 5.91 Å². The molecule has 1 atom stereocenters. The number of amides is 1. The van der Waals surface area contributed by atoms with Gasteiger partial charge in [-0.25, -0.2) is 0 Å². The number of aryl methyl sites for hydroxylation is 1. The smallest absolute Gasteiger partial charge is 0.265 e. The second-order valence-corrected chi connectivity index (χ2v) is 6.94. The first kappa shape index (κ1) is 20.3. The molecule has 0 bridgehead atoms. The first-order valence-corrected chi connectivity index (χ1v) is 9.73. The molecule has 0 aliphatic carbocycles. The molecule has 1 amide bonds. The van der Waals surface area contributed by atoms with E-state index in [4.69, 9.17) is 4.74 Å². The van der Waals surface area contributed by atoms with Gasteiger partial charge in [0.2, 0.25) is 0 Å². The first-order valence-electron chi connectivity index (χ1n) is 9.73. The van der Waals surface area contributed by atoms with Crippen LogP contribution in [0.25, 0.3) is 0 Å². The summed E-state index contributed by atoms with van der Waals surface area (Å²) in [5.41, 5.74) is 3.63. The lowest BCUT2D eigenvalue weighted by Gasteiger charge is -2.20. The van der Waals surface area contributed by atoms with Crippen molar-refractivity contribution in [2.24, 2.45) is 0 Å². The van der Waals surface area contributed by atoms with E-state index in [2.05, 4.69) is 5.32 Å². The number of hydrogen-bond donors (Lipinski definition) is 1. The van der Waals surface area contributed by atoms with Gasteiger partial charge in [0.1, 0.15) is 5.75 Å². The van der Waals surface area contributed by atoms with Gasteiger partial charge in [-0.3, -0.25) is 9.59 Å². The molecule has 0 saturated carbocycles. The van der Waals surface area contributed by atoms with Gasteiger partial charge in [-0.1, -0.05) is 61.5 Å². The van der Waals surface area contributed by atoms with Crippen LogP contribution < -0.4 is 10.1 Å². The fraction of sp³-hybridized carbons (Fsp3) is 0.200. The summed E-state index contributed by atoms with van der Waals surface area (Å²) in [4.78, 5) is 25.8. The topological polar surface area (TPSA) is 55.4 Å². The molecule has 0 saturated heterocycles. The Hall–Kier alpha value is -3.40. The molecule has 0 spiro atoms. The van der Waals surface area contributed by atoms with Crippen molar-refractivity contribution in [2.45, 2.75) is 33.3 Å². The second-order valence-electron chi connectivity index (χ2n) is 6.94. The predicted molar refractivity (Wildman–Crippen MR) is 116 cm³/mol. The number of carbonyl (C=O) groups is 2. The van der Waals surface area contributed by atoms with Crippen molar-refractivity contribution in [1.29, 1.82) is 0 Å². The quantitative estimate of drug-likeness (QED) is 0.558. The van der Waals surface area contributed by atoms with Gasteiger partial charge in [-0.2, -0.15) is 0 Å². The van der Waals surface area contributed by atoms with Crippen molar-refractivity contribution in [3.63, 3.8) is 0 Å². The van der Waals surface area contributed by atoms with Crippen molar-refractivity contribution in [3.05, 3.63) is 95.1 Å². The molecule has 4 heteroatoms. The van der Waals surface area contributed by atoms with E-state index >= 15 is 0 Å². The number of anilines is 1. The maximum Gasteiger partial charge on any atom is 0.265 e. The molecule has 29 heavy (non-hydrogen) atoms. The van der Waals surface area contributed by atoms with E-state index in [9.17, 15) is 9.59 Å².